The highest BCUT2D eigenvalue weighted by atomic mass is 16.5. The van der Waals surface area contributed by atoms with Crippen LogP contribution in [0.5, 0.6) is 5.88 Å². The van der Waals surface area contributed by atoms with Gasteiger partial charge in [0, 0.05) is 27.2 Å². The molecule has 0 saturated carbocycles. The minimum absolute atomic E-state index is 0.341. The first kappa shape index (κ1) is 14.9. The molecule has 1 unspecified atom stereocenters. The van der Waals surface area contributed by atoms with Gasteiger partial charge in [0.25, 0.3) is 0 Å². The summed E-state index contributed by atoms with van der Waals surface area (Å²) < 4.78 is 12.0. The number of methoxy groups -OCH3 is 2. The lowest BCUT2D eigenvalue weighted by Crippen LogP contribution is -2.31. The van der Waals surface area contributed by atoms with Crippen LogP contribution in [-0.2, 0) is 18.3 Å². The highest BCUT2D eigenvalue weighted by Crippen LogP contribution is 2.22. The largest absolute Gasteiger partial charge is 0.481 e. The Bertz CT molecular complexity index is 379. The van der Waals surface area contributed by atoms with Gasteiger partial charge in [-0.05, 0) is 14.0 Å². The smallest absolute Gasteiger partial charge is 0.216 e. The summed E-state index contributed by atoms with van der Waals surface area (Å²) in [5.74, 6) is 0.764. The van der Waals surface area contributed by atoms with E-state index in [9.17, 15) is 5.11 Å². The zero-order chi connectivity index (χ0) is 13.7. The van der Waals surface area contributed by atoms with Gasteiger partial charge >= 0.3 is 0 Å². The lowest BCUT2D eigenvalue weighted by atomic mass is 10.2. The quantitative estimate of drug-likeness (QED) is 0.755. The van der Waals surface area contributed by atoms with Crippen LogP contribution in [0.15, 0.2) is 0 Å². The number of hydrogen-bond donors (Lipinski definition) is 1. The van der Waals surface area contributed by atoms with Crippen LogP contribution in [-0.4, -0.2) is 60.3 Å². The Labute approximate surface area is 108 Å². The van der Waals surface area contributed by atoms with Crippen LogP contribution in [0, 0.1) is 6.92 Å². The fraction of sp³-hybridized carbons (Fsp3) is 0.750. The third-order valence-corrected chi connectivity index (χ3v) is 2.79. The molecule has 0 saturated heterocycles. The van der Waals surface area contributed by atoms with Crippen molar-refractivity contribution in [3.63, 3.8) is 0 Å². The van der Waals surface area contributed by atoms with Crippen molar-refractivity contribution in [3.05, 3.63) is 11.3 Å². The summed E-state index contributed by atoms with van der Waals surface area (Å²) in [5.41, 5.74) is 1.99. The average Bonchev–Trinajstić information content (AvgIpc) is 2.53. The Hall–Kier alpha value is -1.11. The van der Waals surface area contributed by atoms with Crippen molar-refractivity contribution in [1.29, 1.82) is 0 Å². The van der Waals surface area contributed by atoms with E-state index in [2.05, 4.69) is 5.10 Å². The molecule has 0 aliphatic carbocycles. The van der Waals surface area contributed by atoms with Crippen molar-refractivity contribution in [2.45, 2.75) is 19.6 Å². The van der Waals surface area contributed by atoms with Gasteiger partial charge in [-0.1, -0.05) is 0 Å². The lowest BCUT2D eigenvalue weighted by molar-refractivity contribution is 0.0417. The zero-order valence-corrected chi connectivity index (χ0v) is 11.8. The second-order valence-electron chi connectivity index (χ2n) is 4.50. The molecular weight excluding hydrogens is 234 g/mol. The van der Waals surface area contributed by atoms with Crippen LogP contribution in [0.3, 0.4) is 0 Å². The van der Waals surface area contributed by atoms with Gasteiger partial charge in [-0.25, -0.2) is 4.68 Å². The van der Waals surface area contributed by atoms with Crippen LogP contribution < -0.4 is 4.74 Å². The number of rotatable bonds is 7. The predicted octanol–water partition coefficient (Wildman–Crippen LogP) is 0.176. The molecule has 0 fully saturated rings. The summed E-state index contributed by atoms with van der Waals surface area (Å²) in [6.45, 7) is 3.53. The molecule has 6 heteroatoms. The van der Waals surface area contributed by atoms with Gasteiger partial charge in [0.2, 0.25) is 5.88 Å². The summed E-state index contributed by atoms with van der Waals surface area (Å²) in [5, 5.41) is 14.0. The minimum Gasteiger partial charge on any atom is -0.481 e. The fourth-order valence-electron chi connectivity index (χ4n) is 2.06. The standard InChI is InChI=1S/C12H23N3O3/c1-9-11(12(18-5)15(3)13-9)7-14(2)6-10(16)8-17-4/h10,16H,6-8H2,1-5H3. The molecule has 1 atom stereocenters. The summed E-state index contributed by atoms with van der Waals surface area (Å²) in [6, 6.07) is 0. The number of aliphatic hydroxyl groups excluding tert-OH is 1. The van der Waals surface area contributed by atoms with E-state index in [1.165, 1.54) is 0 Å². The molecule has 0 aromatic carbocycles. The lowest BCUT2D eigenvalue weighted by Gasteiger charge is -2.20. The molecule has 1 N–H and O–H groups in total. The Morgan fingerprint density at radius 1 is 1.44 bits per heavy atom. The maximum atomic E-state index is 9.68. The third-order valence-electron chi connectivity index (χ3n) is 2.79. The van der Waals surface area contributed by atoms with E-state index in [-0.39, 0.29) is 0 Å². The first-order valence-electron chi connectivity index (χ1n) is 5.91. The van der Waals surface area contributed by atoms with Crippen molar-refractivity contribution >= 4 is 0 Å². The van der Waals surface area contributed by atoms with Crippen LogP contribution in [0.2, 0.25) is 0 Å². The second-order valence-corrected chi connectivity index (χ2v) is 4.50. The summed E-state index contributed by atoms with van der Waals surface area (Å²) in [6.07, 6.45) is -0.483. The molecule has 1 aromatic heterocycles. The highest BCUT2D eigenvalue weighted by Gasteiger charge is 2.17. The van der Waals surface area contributed by atoms with Gasteiger partial charge in [-0.3, -0.25) is 4.90 Å². The average molecular weight is 257 g/mol. The van der Waals surface area contributed by atoms with E-state index in [0.29, 0.717) is 19.7 Å². The Balaban J connectivity index is 2.66. The summed E-state index contributed by atoms with van der Waals surface area (Å²) in [4.78, 5) is 2.02. The number of nitrogens with zero attached hydrogens (tertiary/aromatic N) is 3. The Morgan fingerprint density at radius 2 is 2.11 bits per heavy atom. The molecule has 18 heavy (non-hydrogen) atoms. The van der Waals surface area contributed by atoms with Crippen molar-refractivity contribution in [3.8, 4) is 5.88 Å². The first-order valence-corrected chi connectivity index (χ1v) is 5.91. The van der Waals surface area contributed by atoms with E-state index in [0.717, 1.165) is 17.1 Å². The van der Waals surface area contributed by atoms with Crippen LogP contribution >= 0.6 is 0 Å². The number of aliphatic hydroxyl groups is 1. The maximum Gasteiger partial charge on any atom is 0.216 e. The van der Waals surface area contributed by atoms with Gasteiger partial charge in [0.05, 0.1) is 31.1 Å². The van der Waals surface area contributed by atoms with Gasteiger partial charge in [0.15, 0.2) is 0 Å². The van der Waals surface area contributed by atoms with Crippen molar-refractivity contribution < 1.29 is 14.6 Å². The minimum atomic E-state index is -0.483. The van der Waals surface area contributed by atoms with E-state index >= 15 is 0 Å². The van der Waals surface area contributed by atoms with Gasteiger partial charge < -0.3 is 14.6 Å². The molecule has 0 amide bonds. The zero-order valence-electron chi connectivity index (χ0n) is 11.8. The van der Waals surface area contributed by atoms with E-state index in [1.807, 2.05) is 25.9 Å². The fourth-order valence-corrected chi connectivity index (χ4v) is 2.06. The Morgan fingerprint density at radius 3 is 2.67 bits per heavy atom. The predicted molar refractivity (Wildman–Crippen MR) is 68.7 cm³/mol. The molecule has 0 spiro atoms. The van der Waals surface area contributed by atoms with Crippen LogP contribution in [0.4, 0.5) is 0 Å². The molecule has 1 aromatic rings. The number of aryl methyl sites for hydroxylation is 2. The molecule has 0 radical (unpaired) electrons. The molecule has 1 heterocycles. The van der Waals surface area contributed by atoms with E-state index in [4.69, 9.17) is 9.47 Å². The molecule has 0 bridgehead atoms. The number of likely N-dealkylation sites (N-methyl/N-ethyl adjacent to an activating group) is 1. The molecule has 1 rings (SSSR count). The normalized spacial score (nSPS) is 13.1. The number of aromatic nitrogens is 2. The number of ether oxygens (including phenoxy) is 2. The topological polar surface area (TPSA) is 59.8 Å². The van der Waals surface area contributed by atoms with Crippen molar-refractivity contribution in [2.75, 3.05) is 34.4 Å². The van der Waals surface area contributed by atoms with Crippen molar-refractivity contribution in [2.24, 2.45) is 7.05 Å². The molecule has 0 aliphatic heterocycles. The third kappa shape index (κ3) is 3.69. The van der Waals surface area contributed by atoms with Gasteiger partial charge in [0.1, 0.15) is 0 Å². The molecule has 0 aliphatic rings. The summed E-state index contributed by atoms with van der Waals surface area (Å²) in [7, 11) is 7.02. The van der Waals surface area contributed by atoms with E-state index < -0.39 is 6.10 Å². The first-order chi connectivity index (χ1) is 8.49. The van der Waals surface area contributed by atoms with Gasteiger partial charge in [-0.2, -0.15) is 5.10 Å². The van der Waals surface area contributed by atoms with Crippen molar-refractivity contribution in [1.82, 2.24) is 14.7 Å². The maximum absolute atomic E-state index is 9.68. The number of hydrogen-bond acceptors (Lipinski definition) is 5. The monoisotopic (exact) mass is 257 g/mol. The highest BCUT2D eigenvalue weighted by molar-refractivity contribution is 5.30. The second kappa shape index (κ2) is 6.72. The SMILES string of the molecule is COCC(O)CN(C)Cc1c(C)nn(C)c1OC. The molecular formula is C12H23N3O3. The van der Waals surface area contributed by atoms with E-state index in [1.54, 1.807) is 18.9 Å². The van der Waals surface area contributed by atoms with Crippen LogP contribution in [0.1, 0.15) is 11.3 Å². The molecule has 104 valence electrons. The van der Waals surface area contributed by atoms with Crippen LogP contribution in [0.25, 0.3) is 0 Å². The van der Waals surface area contributed by atoms with Gasteiger partial charge in [-0.15, -0.1) is 0 Å². The Kier molecular flexibility index (Phi) is 5.58. The summed E-state index contributed by atoms with van der Waals surface area (Å²) >= 11 is 0. The molecule has 6 nitrogen and oxygen atoms in total.